The van der Waals surface area contributed by atoms with Crippen LogP contribution in [0.3, 0.4) is 0 Å². The second-order valence-corrected chi connectivity index (χ2v) is 4.73. The molecule has 0 radical (unpaired) electrons. The fourth-order valence-electron chi connectivity index (χ4n) is 2.56. The van der Waals surface area contributed by atoms with Crippen molar-refractivity contribution in [1.82, 2.24) is 4.90 Å². The molecule has 1 aliphatic rings. The maximum absolute atomic E-state index is 5.43. The van der Waals surface area contributed by atoms with Crippen molar-refractivity contribution >= 4 is 0 Å². The van der Waals surface area contributed by atoms with Gasteiger partial charge in [0, 0.05) is 26.2 Å². The number of nitrogens with zero attached hydrogens (tertiary/aromatic N) is 1. The topological polar surface area (TPSA) is 12.5 Å². The fraction of sp³-hybridized carbons (Fsp3) is 1.00. The molecule has 0 aromatic heterocycles. The zero-order valence-corrected chi connectivity index (χ0v) is 10.7. The molecular formula is C13H27NO. The van der Waals surface area contributed by atoms with E-state index >= 15 is 0 Å². The van der Waals surface area contributed by atoms with Crippen molar-refractivity contribution in [2.75, 3.05) is 20.2 Å². The highest BCUT2D eigenvalue weighted by molar-refractivity contribution is 4.81. The summed E-state index contributed by atoms with van der Waals surface area (Å²) in [5.41, 5.74) is 0. The van der Waals surface area contributed by atoms with Crippen LogP contribution in [0.4, 0.5) is 0 Å². The second-order valence-electron chi connectivity index (χ2n) is 4.73. The third-order valence-electron chi connectivity index (χ3n) is 3.54. The van der Waals surface area contributed by atoms with Crippen molar-refractivity contribution in [2.45, 2.75) is 64.5 Å². The molecule has 0 amide bonds. The lowest BCUT2D eigenvalue weighted by Crippen LogP contribution is -2.34. The van der Waals surface area contributed by atoms with Crippen molar-refractivity contribution in [3.63, 3.8) is 0 Å². The second kappa shape index (κ2) is 7.24. The summed E-state index contributed by atoms with van der Waals surface area (Å²) in [6.07, 6.45) is 8.45. The quantitative estimate of drug-likeness (QED) is 0.644. The van der Waals surface area contributed by atoms with Crippen LogP contribution >= 0.6 is 0 Å². The summed E-state index contributed by atoms with van der Waals surface area (Å²) in [6, 6.07) is 0.815. The summed E-state index contributed by atoms with van der Waals surface area (Å²) in [5, 5.41) is 0. The molecule has 0 aliphatic carbocycles. The highest BCUT2D eigenvalue weighted by Gasteiger charge is 2.26. The third-order valence-corrected chi connectivity index (χ3v) is 3.54. The monoisotopic (exact) mass is 213 g/mol. The highest BCUT2D eigenvalue weighted by atomic mass is 16.5. The number of unbranched alkanes of at least 4 members (excludes halogenated alkanes) is 1. The van der Waals surface area contributed by atoms with Gasteiger partial charge in [-0.05, 0) is 19.3 Å². The molecular weight excluding hydrogens is 186 g/mol. The van der Waals surface area contributed by atoms with E-state index in [1.54, 1.807) is 0 Å². The van der Waals surface area contributed by atoms with Gasteiger partial charge in [0.25, 0.3) is 0 Å². The van der Waals surface area contributed by atoms with Gasteiger partial charge >= 0.3 is 0 Å². The Kier molecular flexibility index (Phi) is 6.26. The first-order chi connectivity index (χ1) is 7.31. The molecule has 0 saturated carbocycles. The van der Waals surface area contributed by atoms with Crippen molar-refractivity contribution in [3.8, 4) is 0 Å². The van der Waals surface area contributed by atoms with Gasteiger partial charge in [-0.2, -0.15) is 0 Å². The first-order valence-corrected chi connectivity index (χ1v) is 6.58. The van der Waals surface area contributed by atoms with Crippen LogP contribution in [0.5, 0.6) is 0 Å². The zero-order chi connectivity index (χ0) is 11.1. The smallest absolute Gasteiger partial charge is 0.0710 e. The average molecular weight is 213 g/mol. The summed E-state index contributed by atoms with van der Waals surface area (Å²) in [6.45, 7) is 6.98. The largest absolute Gasteiger partial charge is 0.380 e. The van der Waals surface area contributed by atoms with Gasteiger partial charge in [-0.1, -0.05) is 33.1 Å². The van der Waals surface area contributed by atoms with Crippen LogP contribution in [-0.2, 0) is 4.74 Å². The minimum absolute atomic E-state index is 0.492. The molecule has 2 nitrogen and oxygen atoms in total. The lowest BCUT2D eigenvalue weighted by Gasteiger charge is -2.27. The maximum Gasteiger partial charge on any atom is 0.0710 e. The van der Waals surface area contributed by atoms with Crippen LogP contribution in [0.15, 0.2) is 0 Å². The first-order valence-electron chi connectivity index (χ1n) is 6.58. The molecule has 1 aliphatic heterocycles. The van der Waals surface area contributed by atoms with Crippen LogP contribution in [0.25, 0.3) is 0 Å². The van der Waals surface area contributed by atoms with E-state index < -0.39 is 0 Å². The number of hydrogen-bond donors (Lipinski definition) is 0. The Morgan fingerprint density at radius 3 is 2.60 bits per heavy atom. The molecule has 0 aromatic rings. The van der Waals surface area contributed by atoms with E-state index in [9.17, 15) is 0 Å². The number of hydrogen-bond acceptors (Lipinski definition) is 2. The number of ether oxygens (including phenoxy) is 1. The van der Waals surface area contributed by atoms with Crippen molar-refractivity contribution in [3.05, 3.63) is 0 Å². The summed E-state index contributed by atoms with van der Waals surface area (Å²) in [5.74, 6) is 0. The zero-order valence-electron chi connectivity index (χ0n) is 10.7. The summed E-state index contributed by atoms with van der Waals surface area (Å²) in [4.78, 5) is 2.65. The van der Waals surface area contributed by atoms with E-state index in [0.717, 1.165) is 12.6 Å². The standard InChI is InChI=1S/C13H27NO/c1-4-6-8-12(7-5-2)14-10-9-13(11-14)15-3/h12-13H,4-11H2,1-3H3/t12?,13-/m0/s1. The van der Waals surface area contributed by atoms with Gasteiger partial charge in [-0.15, -0.1) is 0 Å². The average Bonchev–Trinajstić information content (AvgIpc) is 2.72. The predicted octanol–water partition coefficient (Wildman–Crippen LogP) is 3.07. The van der Waals surface area contributed by atoms with Gasteiger partial charge in [-0.3, -0.25) is 4.90 Å². The number of rotatable bonds is 7. The van der Waals surface area contributed by atoms with Crippen LogP contribution in [0.2, 0.25) is 0 Å². The maximum atomic E-state index is 5.43. The number of methoxy groups -OCH3 is 1. The Bertz CT molecular complexity index is 161. The van der Waals surface area contributed by atoms with Crippen LogP contribution in [-0.4, -0.2) is 37.2 Å². The molecule has 1 unspecified atom stereocenters. The Hall–Kier alpha value is -0.0800. The van der Waals surface area contributed by atoms with Crippen LogP contribution < -0.4 is 0 Å². The molecule has 0 N–H and O–H groups in total. The molecule has 0 spiro atoms. The van der Waals surface area contributed by atoms with Crippen LogP contribution in [0, 0.1) is 0 Å². The van der Waals surface area contributed by atoms with Gasteiger partial charge in [0.1, 0.15) is 0 Å². The normalized spacial score (nSPS) is 24.6. The molecule has 90 valence electrons. The fourth-order valence-corrected chi connectivity index (χ4v) is 2.56. The lowest BCUT2D eigenvalue weighted by molar-refractivity contribution is 0.0981. The Morgan fingerprint density at radius 1 is 1.27 bits per heavy atom. The first kappa shape index (κ1) is 13.0. The minimum atomic E-state index is 0.492. The predicted molar refractivity (Wildman–Crippen MR) is 65.2 cm³/mol. The van der Waals surface area contributed by atoms with Crippen molar-refractivity contribution in [1.29, 1.82) is 0 Å². The molecule has 2 heteroatoms. The molecule has 1 saturated heterocycles. The lowest BCUT2D eigenvalue weighted by atomic mass is 10.0. The van der Waals surface area contributed by atoms with E-state index in [-0.39, 0.29) is 0 Å². The summed E-state index contributed by atoms with van der Waals surface area (Å²) in [7, 11) is 1.84. The van der Waals surface area contributed by atoms with E-state index in [1.807, 2.05) is 7.11 Å². The summed E-state index contributed by atoms with van der Waals surface area (Å²) >= 11 is 0. The van der Waals surface area contributed by atoms with Crippen molar-refractivity contribution < 1.29 is 4.74 Å². The SMILES string of the molecule is CCCCC(CCC)N1CC[C@H](OC)C1. The molecule has 0 aromatic carbocycles. The minimum Gasteiger partial charge on any atom is -0.380 e. The molecule has 1 fully saturated rings. The van der Waals surface area contributed by atoms with Gasteiger partial charge in [0.15, 0.2) is 0 Å². The van der Waals surface area contributed by atoms with E-state index in [1.165, 1.54) is 45.1 Å². The molecule has 15 heavy (non-hydrogen) atoms. The van der Waals surface area contributed by atoms with Gasteiger partial charge < -0.3 is 4.74 Å². The molecule has 1 rings (SSSR count). The summed E-state index contributed by atoms with van der Waals surface area (Å²) < 4.78 is 5.43. The van der Waals surface area contributed by atoms with E-state index in [0.29, 0.717) is 6.10 Å². The Balaban J connectivity index is 2.34. The Morgan fingerprint density at radius 2 is 2.07 bits per heavy atom. The van der Waals surface area contributed by atoms with Crippen LogP contribution in [0.1, 0.15) is 52.4 Å². The van der Waals surface area contributed by atoms with Gasteiger partial charge in [0.05, 0.1) is 6.10 Å². The van der Waals surface area contributed by atoms with E-state index in [2.05, 4.69) is 18.7 Å². The third kappa shape index (κ3) is 4.12. The Labute approximate surface area is 95.0 Å². The molecule has 1 heterocycles. The number of likely N-dealkylation sites (tertiary alicyclic amines) is 1. The molecule has 0 bridgehead atoms. The molecule has 2 atom stereocenters. The van der Waals surface area contributed by atoms with Gasteiger partial charge in [-0.25, -0.2) is 0 Å². The highest BCUT2D eigenvalue weighted by Crippen LogP contribution is 2.21. The van der Waals surface area contributed by atoms with E-state index in [4.69, 9.17) is 4.74 Å². The van der Waals surface area contributed by atoms with Gasteiger partial charge in [0.2, 0.25) is 0 Å². The van der Waals surface area contributed by atoms with Crippen molar-refractivity contribution in [2.24, 2.45) is 0 Å².